The molecule has 1 aromatic heterocycles. The molecule has 3 aromatic rings. The number of hydrogen-bond donors (Lipinski definition) is 4. The molecule has 0 fully saturated rings. The first-order valence-corrected chi connectivity index (χ1v) is 10.6. The molecule has 0 aliphatic heterocycles. The smallest absolute Gasteiger partial charge is 0.407 e. The third kappa shape index (κ3) is 5.24. The van der Waals surface area contributed by atoms with Crippen molar-refractivity contribution in [3.05, 3.63) is 77.2 Å². The molecule has 0 bridgehead atoms. The maximum Gasteiger partial charge on any atom is 0.407 e. The summed E-state index contributed by atoms with van der Waals surface area (Å²) in [5.74, 6) is -1.65. The van der Waals surface area contributed by atoms with Crippen molar-refractivity contribution in [1.29, 1.82) is 0 Å². The Kier molecular flexibility index (Phi) is 6.88. The fourth-order valence-electron chi connectivity index (χ4n) is 3.89. The first-order valence-electron chi connectivity index (χ1n) is 10.6. The number of aliphatic hydroxyl groups excluding tert-OH is 1. The van der Waals surface area contributed by atoms with Gasteiger partial charge in [-0.3, -0.25) is 9.59 Å². The molecule has 4 rings (SSSR count). The van der Waals surface area contributed by atoms with Crippen LogP contribution in [0.4, 0.5) is 4.79 Å². The van der Waals surface area contributed by atoms with Crippen LogP contribution in [0.1, 0.15) is 39.7 Å². The number of amides is 2. The zero-order chi connectivity index (χ0) is 24.1. The van der Waals surface area contributed by atoms with Crippen molar-refractivity contribution in [3.63, 3.8) is 0 Å². The molecule has 10 nitrogen and oxygen atoms in total. The van der Waals surface area contributed by atoms with Gasteiger partial charge in [0.05, 0.1) is 19.1 Å². The molecule has 1 aliphatic carbocycles. The maximum atomic E-state index is 12.3. The number of carbonyl (C=O) groups is 3. The molecule has 4 N–H and O–H groups in total. The Bertz CT molecular complexity index is 1160. The molecule has 1 unspecified atom stereocenters. The van der Waals surface area contributed by atoms with Crippen LogP contribution in [0.25, 0.3) is 11.1 Å². The van der Waals surface area contributed by atoms with Crippen molar-refractivity contribution in [2.75, 3.05) is 13.2 Å². The van der Waals surface area contributed by atoms with E-state index < -0.39 is 30.5 Å². The molecule has 1 atom stereocenters. The summed E-state index contributed by atoms with van der Waals surface area (Å²) in [4.78, 5) is 34.8. The Hall–Kier alpha value is -4.18. The molecule has 2 amide bonds. The van der Waals surface area contributed by atoms with Crippen molar-refractivity contribution in [1.82, 2.24) is 15.8 Å². The van der Waals surface area contributed by atoms with Gasteiger partial charge in [-0.2, -0.15) is 0 Å². The van der Waals surface area contributed by atoms with Gasteiger partial charge in [-0.15, -0.1) is 0 Å². The molecule has 0 spiro atoms. The lowest BCUT2D eigenvalue weighted by Gasteiger charge is -2.14. The monoisotopic (exact) mass is 465 g/mol. The zero-order valence-electron chi connectivity index (χ0n) is 18.1. The number of aromatic nitrogens is 1. The van der Waals surface area contributed by atoms with Gasteiger partial charge in [-0.1, -0.05) is 53.7 Å². The molecular formula is C24H23N3O7. The molecule has 0 radical (unpaired) electrons. The van der Waals surface area contributed by atoms with Crippen LogP contribution in [-0.4, -0.2) is 52.6 Å². The number of ether oxygens (including phenoxy) is 1. The summed E-state index contributed by atoms with van der Waals surface area (Å²) >= 11 is 0. The highest BCUT2D eigenvalue weighted by atomic mass is 16.5. The number of rotatable bonds is 9. The SMILES string of the molecule is O=C(O)CC(O)CNC(=O)c1cc(CNC(=O)OCC2c3ccccc3-c3ccccc32)on1. The number of alkyl carbamates (subject to hydrolysis) is 1. The summed E-state index contributed by atoms with van der Waals surface area (Å²) in [6.45, 7) is -0.119. The number of nitrogens with zero attached hydrogens (tertiary/aromatic N) is 1. The third-order valence-electron chi connectivity index (χ3n) is 5.45. The summed E-state index contributed by atoms with van der Waals surface area (Å²) in [5.41, 5.74) is 4.42. The second kappa shape index (κ2) is 10.2. The topological polar surface area (TPSA) is 151 Å². The lowest BCUT2D eigenvalue weighted by atomic mass is 9.98. The van der Waals surface area contributed by atoms with Crippen LogP contribution in [0.2, 0.25) is 0 Å². The molecule has 1 heterocycles. The van der Waals surface area contributed by atoms with E-state index in [4.69, 9.17) is 14.4 Å². The van der Waals surface area contributed by atoms with Crippen molar-refractivity contribution < 1.29 is 33.9 Å². The molecule has 0 saturated heterocycles. The number of hydrogen-bond acceptors (Lipinski definition) is 7. The number of carboxylic acid groups (broad SMARTS) is 1. The summed E-state index contributed by atoms with van der Waals surface area (Å²) < 4.78 is 10.5. The first kappa shape index (κ1) is 23.0. The van der Waals surface area contributed by atoms with E-state index in [1.54, 1.807) is 0 Å². The van der Waals surface area contributed by atoms with Gasteiger partial charge >= 0.3 is 12.1 Å². The van der Waals surface area contributed by atoms with Crippen molar-refractivity contribution in [2.24, 2.45) is 0 Å². The number of fused-ring (bicyclic) bond motifs is 3. The molecule has 34 heavy (non-hydrogen) atoms. The van der Waals surface area contributed by atoms with E-state index in [0.717, 1.165) is 22.3 Å². The second-order valence-corrected chi connectivity index (χ2v) is 7.82. The normalized spacial score (nSPS) is 13.0. The van der Waals surface area contributed by atoms with Gasteiger partial charge in [-0.25, -0.2) is 4.79 Å². The highest BCUT2D eigenvalue weighted by Gasteiger charge is 2.29. The number of nitrogens with one attached hydrogen (secondary N) is 2. The van der Waals surface area contributed by atoms with E-state index in [1.165, 1.54) is 6.07 Å². The van der Waals surface area contributed by atoms with Crippen LogP contribution < -0.4 is 10.6 Å². The Balaban J connectivity index is 1.27. The van der Waals surface area contributed by atoms with E-state index in [0.29, 0.717) is 0 Å². The minimum absolute atomic E-state index is 0.0431. The van der Waals surface area contributed by atoms with E-state index in [9.17, 15) is 19.5 Å². The fourth-order valence-corrected chi connectivity index (χ4v) is 3.89. The van der Waals surface area contributed by atoms with Gasteiger partial charge in [0.2, 0.25) is 0 Å². The molecule has 176 valence electrons. The zero-order valence-corrected chi connectivity index (χ0v) is 18.1. The number of carboxylic acids is 1. The molecular weight excluding hydrogens is 442 g/mol. The van der Waals surface area contributed by atoms with Crippen molar-refractivity contribution in [3.8, 4) is 11.1 Å². The van der Waals surface area contributed by atoms with E-state index in [2.05, 4.69) is 27.9 Å². The van der Waals surface area contributed by atoms with Crippen LogP contribution >= 0.6 is 0 Å². The van der Waals surface area contributed by atoms with Crippen LogP contribution in [0.15, 0.2) is 59.1 Å². The van der Waals surface area contributed by atoms with Gasteiger partial charge in [0, 0.05) is 18.5 Å². The average molecular weight is 465 g/mol. The van der Waals surface area contributed by atoms with Gasteiger partial charge in [-0.05, 0) is 22.3 Å². The predicted molar refractivity (Wildman–Crippen MR) is 119 cm³/mol. The number of benzene rings is 2. The summed E-state index contributed by atoms with van der Waals surface area (Å²) in [6.07, 6.45) is -2.35. The van der Waals surface area contributed by atoms with Gasteiger partial charge < -0.3 is 30.1 Å². The molecule has 0 saturated carbocycles. The predicted octanol–water partition coefficient (Wildman–Crippen LogP) is 2.28. The largest absolute Gasteiger partial charge is 0.481 e. The minimum atomic E-state index is -1.22. The summed E-state index contributed by atoms with van der Waals surface area (Å²) in [7, 11) is 0. The van der Waals surface area contributed by atoms with E-state index in [-0.39, 0.29) is 37.1 Å². The standard InChI is InChI=1S/C24H23N3O7/c28-14(9-22(29)30)11-25-23(31)21-10-15(34-27-21)12-26-24(32)33-13-20-18-7-3-1-5-16(18)17-6-2-4-8-19(17)20/h1-8,10,14,20,28H,9,11-13H2,(H,25,31)(H,26,32)(H,29,30). The van der Waals surface area contributed by atoms with Gasteiger partial charge in [0.1, 0.15) is 6.61 Å². The van der Waals surface area contributed by atoms with Crippen LogP contribution in [-0.2, 0) is 16.1 Å². The highest BCUT2D eigenvalue weighted by molar-refractivity contribution is 5.92. The van der Waals surface area contributed by atoms with Crippen LogP contribution in [0.5, 0.6) is 0 Å². The van der Waals surface area contributed by atoms with E-state index in [1.807, 2.05) is 36.4 Å². The van der Waals surface area contributed by atoms with Crippen LogP contribution in [0, 0.1) is 0 Å². The third-order valence-corrected chi connectivity index (χ3v) is 5.45. The lowest BCUT2D eigenvalue weighted by Crippen LogP contribution is -2.33. The first-order chi connectivity index (χ1) is 16.4. The molecule has 2 aromatic carbocycles. The molecule has 1 aliphatic rings. The van der Waals surface area contributed by atoms with Crippen molar-refractivity contribution >= 4 is 18.0 Å². The maximum absolute atomic E-state index is 12.3. The highest BCUT2D eigenvalue weighted by Crippen LogP contribution is 2.44. The lowest BCUT2D eigenvalue weighted by molar-refractivity contribution is -0.139. The Morgan fingerprint density at radius 1 is 1.03 bits per heavy atom. The quantitative estimate of drug-likeness (QED) is 0.376. The number of carbonyl (C=O) groups excluding carboxylic acids is 2. The van der Waals surface area contributed by atoms with Gasteiger partial charge in [0.25, 0.3) is 5.91 Å². The number of aliphatic hydroxyl groups is 1. The second-order valence-electron chi connectivity index (χ2n) is 7.82. The Morgan fingerprint density at radius 2 is 1.68 bits per heavy atom. The molecule has 10 heteroatoms. The van der Waals surface area contributed by atoms with Crippen LogP contribution in [0.3, 0.4) is 0 Å². The number of aliphatic carboxylic acids is 1. The minimum Gasteiger partial charge on any atom is -0.481 e. The summed E-state index contributed by atoms with van der Waals surface area (Å²) in [5, 5.41) is 26.7. The van der Waals surface area contributed by atoms with E-state index >= 15 is 0 Å². The fraction of sp³-hybridized carbons (Fsp3) is 0.250. The Labute approximate surface area is 194 Å². The summed E-state index contributed by atoms with van der Waals surface area (Å²) in [6, 6.07) is 17.4. The Morgan fingerprint density at radius 3 is 2.32 bits per heavy atom. The van der Waals surface area contributed by atoms with Crippen molar-refractivity contribution in [2.45, 2.75) is 25.0 Å². The van der Waals surface area contributed by atoms with Gasteiger partial charge in [0.15, 0.2) is 11.5 Å². The average Bonchev–Trinajstić information content (AvgIpc) is 3.42.